The van der Waals surface area contributed by atoms with Gasteiger partial charge >= 0.3 is 0 Å². The summed E-state index contributed by atoms with van der Waals surface area (Å²) in [5.74, 6) is 0.871. The van der Waals surface area contributed by atoms with E-state index in [0.29, 0.717) is 17.1 Å². The van der Waals surface area contributed by atoms with Gasteiger partial charge in [-0.2, -0.15) is 5.10 Å². The Balaban J connectivity index is 2.28. The quantitative estimate of drug-likeness (QED) is 0.878. The first-order valence-corrected chi connectivity index (χ1v) is 6.87. The lowest BCUT2D eigenvalue weighted by molar-refractivity contribution is 0.447. The average Bonchev–Trinajstić information content (AvgIpc) is 2.87. The third kappa shape index (κ3) is 3.17. The van der Waals surface area contributed by atoms with E-state index in [1.165, 1.54) is 6.07 Å². The van der Waals surface area contributed by atoms with Gasteiger partial charge in [0.25, 0.3) is 0 Å². The van der Waals surface area contributed by atoms with Gasteiger partial charge in [0.15, 0.2) is 5.75 Å². The number of nitrogens with one attached hydrogen (secondary N) is 1. The molecule has 2 aromatic rings. The lowest BCUT2D eigenvalue weighted by atomic mass is 10.1. The minimum Gasteiger partial charge on any atom is -0.454 e. The Kier molecular flexibility index (Phi) is 4.74. The highest BCUT2D eigenvalue weighted by atomic mass is 19.1. The van der Waals surface area contributed by atoms with Crippen LogP contribution < -0.4 is 10.1 Å². The molecule has 0 spiro atoms. The van der Waals surface area contributed by atoms with Gasteiger partial charge in [0.05, 0.1) is 12.4 Å². The van der Waals surface area contributed by atoms with Crippen LogP contribution >= 0.6 is 0 Å². The van der Waals surface area contributed by atoms with Gasteiger partial charge in [-0.15, -0.1) is 0 Å². The van der Waals surface area contributed by atoms with Crippen LogP contribution in [0.2, 0.25) is 0 Å². The summed E-state index contributed by atoms with van der Waals surface area (Å²) in [4.78, 5) is 0. The Morgan fingerprint density at radius 1 is 1.40 bits per heavy atom. The summed E-state index contributed by atoms with van der Waals surface area (Å²) in [5, 5.41) is 7.35. The molecule has 108 valence electrons. The molecule has 4 nitrogen and oxygen atoms in total. The third-order valence-electron chi connectivity index (χ3n) is 3.12. The molecule has 2 rings (SSSR count). The van der Waals surface area contributed by atoms with Crippen molar-refractivity contribution in [2.75, 3.05) is 6.54 Å². The molecule has 1 atom stereocenters. The predicted molar refractivity (Wildman–Crippen MR) is 76.5 cm³/mol. The van der Waals surface area contributed by atoms with Crippen LogP contribution in [0.15, 0.2) is 30.6 Å². The number of aromatic nitrogens is 2. The van der Waals surface area contributed by atoms with Crippen molar-refractivity contribution in [1.82, 2.24) is 15.1 Å². The van der Waals surface area contributed by atoms with Gasteiger partial charge in [-0.25, -0.2) is 4.39 Å². The minimum absolute atomic E-state index is 0.113. The van der Waals surface area contributed by atoms with Gasteiger partial charge in [0, 0.05) is 18.2 Å². The summed E-state index contributed by atoms with van der Waals surface area (Å²) in [6.45, 7) is 7.45. The van der Waals surface area contributed by atoms with Crippen LogP contribution in [-0.2, 0) is 6.54 Å². The maximum Gasteiger partial charge on any atom is 0.165 e. The number of rotatable bonds is 6. The summed E-state index contributed by atoms with van der Waals surface area (Å²) in [5.41, 5.74) is 0.540. The lowest BCUT2D eigenvalue weighted by Gasteiger charge is -2.17. The smallest absolute Gasteiger partial charge is 0.165 e. The summed E-state index contributed by atoms with van der Waals surface area (Å²) in [6.07, 6.45) is 3.43. The standard InChI is InChI=1S/C15H20FN3O/c1-4-17-11(3)15-13(16)7-6-8-14(15)20-12-9-18-19(5-2)10-12/h6-11,17H,4-5H2,1-3H3. The molecular formula is C15H20FN3O. The SMILES string of the molecule is CCNC(C)c1c(F)cccc1Oc1cnn(CC)c1. The zero-order chi connectivity index (χ0) is 14.5. The molecule has 0 amide bonds. The Bertz CT molecular complexity index is 568. The highest BCUT2D eigenvalue weighted by Crippen LogP contribution is 2.31. The topological polar surface area (TPSA) is 39.1 Å². The Hall–Kier alpha value is -1.88. The molecule has 0 aliphatic carbocycles. The van der Waals surface area contributed by atoms with Gasteiger partial charge < -0.3 is 10.1 Å². The summed E-state index contributed by atoms with van der Waals surface area (Å²) in [6, 6.07) is 4.76. The van der Waals surface area contributed by atoms with Crippen LogP contribution in [0, 0.1) is 5.82 Å². The van der Waals surface area contributed by atoms with Crippen LogP contribution in [0.3, 0.4) is 0 Å². The molecule has 0 aliphatic heterocycles. The van der Waals surface area contributed by atoms with Crippen LogP contribution in [0.4, 0.5) is 4.39 Å². The molecule has 0 saturated carbocycles. The summed E-state index contributed by atoms with van der Waals surface area (Å²) in [7, 11) is 0. The number of nitrogens with zero attached hydrogens (tertiary/aromatic N) is 2. The number of ether oxygens (including phenoxy) is 1. The number of aryl methyl sites for hydroxylation is 1. The van der Waals surface area contributed by atoms with Crippen molar-refractivity contribution in [3.8, 4) is 11.5 Å². The van der Waals surface area contributed by atoms with Crippen LogP contribution in [0.25, 0.3) is 0 Å². The van der Waals surface area contributed by atoms with Gasteiger partial charge in [-0.3, -0.25) is 4.68 Å². The van der Waals surface area contributed by atoms with E-state index in [0.717, 1.165) is 13.1 Å². The second kappa shape index (κ2) is 6.52. The molecule has 1 N–H and O–H groups in total. The van der Waals surface area contributed by atoms with Crippen molar-refractivity contribution in [3.63, 3.8) is 0 Å². The van der Waals surface area contributed by atoms with Gasteiger partial charge in [0.2, 0.25) is 0 Å². The van der Waals surface area contributed by atoms with Crippen molar-refractivity contribution in [2.24, 2.45) is 0 Å². The number of hydrogen-bond acceptors (Lipinski definition) is 3. The third-order valence-corrected chi connectivity index (χ3v) is 3.12. The highest BCUT2D eigenvalue weighted by molar-refractivity contribution is 5.39. The molecule has 0 radical (unpaired) electrons. The fourth-order valence-electron chi connectivity index (χ4n) is 2.13. The van der Waals surface area contributed by atoms with Crippen molar-refractivity contribution in [2.45, 2.75) is 33.4 Å². The van der Waals surface area contributed by atoms with E-state index in [2.05, 4.69) is 10.4 Å². The Labute approximate surface area is 118 Å². The number of hydrogen-bond donors (Lipinski definition) is 1. The fourth-order valence-corrected chi connectivity index (χ4v) is 2.13. The van der Waals surface area contributed by atoms with Crippen LogP contribution in [0.5, 0.6) is 11.5 Å². The van der Waals surface area contributed by atoms with E-state index < -0.39 is 0 Å². The molecule has 0 fully saturated rings. The van der Waals surface area contributed by atoms with Gasteiger partial charge in [-0.1, -0.05) is 13.0 Å². The van der Waals surface area contributed by atoms with E-state index in [1.54, 1.807) is 29.2 Å². The first-order chi connectivity index (χ1) is 9.65. The molecule has 0 bridgehead atoms. The molecule has 0 aliphatic rings. The second-order valence-electron chi connectivity index (χ2n) is 4.56. The maximum absolute atomic E-state index is 14.1. The van der Waals surface area contributed by atoms with Gasteiger partial charge in [-0.05, 0) is 32.5 Å². The second-order valence-corrected chi connectivity index (χ2v) is 4.56. The number of halogens is 1. The molecular weight excluding hydrogens is 257 g/mol. The summed E-state index contributed by atoms with van der Waals surface area (Å²) >= 11 is 0. The van der Waals surface area contributed by atoms with E-state index in [-0.39, 0.29) is 11.9 Å². The van der Waals surface area contributed by atoms with Crippen molar-refractivity contribution >= 4 is 0 Å². The van der Waals surface area contributed by atoms with E-state index >= 15 is 0 Å². The molecule has 1 unspecified atom stereocenters. The number of benzene rings is 1. The van der Waals surface area contributed by atoms with E-state index in [1.807, 2.05) is 20.8 Å². The van der Waals surface area contributed by atoms with E-state index in [9.17, 15) is 4.39 Å². The van der Waals surface area contributed by atoms with Crippen LogP contribution in [0.1, 0.15) is 32.4 Å². The van der Waals surface area contributed by atoms with E-state index in [4.69, 9.17) is 4.74 Å². The normalized spacial score (nSPS) is 12.4. The first kappa shape index (κ1) is 14.5. The summed E-state index contributed by atoms with van der Waals surface area (Å²) < 4.78 is 21.6. The highest BCUT2D eigenvalue weighted by Gasteiger charge is 2.17. The fraction of sp³-hybridized carbons (Fsp3) is 0.400. The predicted octanol–water partition coefficient (Wildman–Crippen LogP) is 3.50. The molecule has 1 aromatic carbocycles. The molecule has 1 heterocycles. The largest absolute Gasteiger partial charge is 0.454 e. The zero-order valence-corrected chi connectivity index (χ0v) is 12.1. The monoisotopic (exact) mass is 277 g/mol. The Morgan fingerprint density at radius 3 is 2.85 bits per heavy atom. The lowest BCUT2D eigenvalue weighted by Crippen LogP contribution is -2.19. The molecule has 5 heteroatoms. The first-order valence-electron chi connectivity index (χ1n) is 6.87. The molecule has 20 heavy (non-hydrogen) atoms. The van der Waals surface area contributed by atoms with Crippen molar-refractivity contribution < 1.29 is 9.13 Å². The van der Waals surface area contributed by atoms with Crippen LogP contribution in [-0.4, -0.2) is 16.3 Å². The maximum atomic E-state index is 14.1. The van der Waals surface area contributed by atoms with Gasteiger partial charge in [0.1, 0.15) is 11.6 Å². The van der Waals surface area contributed by atoms with Crippen molar-refractivity contribution in [3.05, 3.63) is 42.0 Å². The Morgan fingerprint density at radius 2 is 2.20 bits per heavy atom. The molecule has 0 saturated heterocycles. The minimum atomic E-state index is -0.265. The van der Waals surface area contributed by atoms with Crippen molar-refractivity contribution in [1.29, 1.82) is 0 Å². The average molecular weight is 277 g/mol. The zero-order valence-electron chi connectivity index (χ0n) is 12.1. The molecule has 1 aromatic heterocycles.